The van der Waals surface area contributed by atoms with E-state index in [4.69, 9.17) is 4.42 Å². The molecule has 5 nitrogen and oxygen atoms in total. The standard InChI is InChI=1S/C16H7N3O2S/c17-8-11-13-14(20)9-4-1-2-5-10(9)15(13)21-16(19-18-11)12-6-3-7-22-12/h1-7H. The maximum Gasteiger partial charge on any atom is 0.256 e. The number of nitriles is 1. The van der Waals surface area contributed by atoms with Crippen LogP contribution in [0.2, 0.25) is 0 Å². The van der Waals surface area contributed by atoms with Crippen molar-refractivity contribution in [2.45, 2.75) is 0 Å². The molecular weight excluding hydrogens is 298 g/mol. The second-order valence-electron chi connectivity index (χ2n) is 4.62. The summed E-state index contributed by atoms with van der Waals surface area (Å²) in [6, 6.07) is 12.8. The molecule has 4 rings (SSSR count). The Morgan fingerprint density at radius 2 is 1.91 bits per heavy atom. The largest absolute Gasteiger partial charge is 0.435 e. The first-order valence-electron chi connectivity index (χ1n) is 6.46. The third-order valence-electron chi connectivity index (χ3n) is 3.38. The van der Waals surface area contributed by atoms with Crippen LogP contribution in [0.4, 0.5) is 0 Å². The molecule has 0 fully saturated rings. The molecule has 104 valence electrons. The van der Waals surface area contributed by atoms with Crippen LogP contribution in [-0.4, -0.2) is 10.2 Å². The fraction of sp³-hybridized carbons (Fsp3) is 0. The van der Waals surface area contributed by atoms with Gasteiger partial charge in [0.1, 0.15) is 11.3 Å². The number of hydrogen-bond acceptors (Lipinski definition) is 6. The fourth-order valence-corrected chi connectivity index (χ4v) is 3.06. The lowest BCUT2D eigenvalue weighted by Crippen LogP contribution is -1.99. The van der Waals surface area contributed by atoms with E-state index in [1.54, 1.807) is 18.2 Å². The van der Waals surface area contributed by atoms with Crippen molar-refractivity contribution in [2.24, 2.45) is 0 Å². The predicted molar refractivity (Wildman–Crippen MR) is 81.4 cm³/mol. The Balaban J connectivity index is 2.29. The topological polar surface area (TPSA) is 79.8 Å². The van der Waals surface area contributed by atoms with E-state index in [0.717, 1.165) is 4.88 Å². The molecule has 22 heavy (non-hydrogen) atoms. The van der Waals surface area contributed by atoms with Gasteiger partial charge in [0.05, 0.1) is 4.88 Å². The summed E-state index contributed by atoms with van der Waals surface area (Å²) in [5.41, 5.74) is 0.0711. The summed E-state index contributed by atoms with van der Waals surface area (Å²) in [6.45, 7) is 0. The minimum Gasteiger partial charge on any atom is -0.435 e. The molecular formula is C16H7N3O2S. The van der Waals surface area contributed by atoms with Gasteiger partial charge < -0.3 is 4.42 Å². The van der Waals surface area contributed by atoms with Crippen LogP contribution in [0.1, 0.15) is 5.69 Å². The van der Waals surface area contributed by atoms with E-state index in [1.165, 1.54) is 11.3 Å². The Morgan fingerprint density at radius 3 is 2.64 bits per heavy atom. The van der Waals surface area contributed by atoms with Crippen molar-refractivity contribution in [3.8, 4) is 16.8 Å². The van der Waals surface area contributed by atoms with Gasteiger partial charge in [-0.2, -0.15) is 5.26 Å². The zero-order chi connectivity index (χ0) is 15.1. The molecule has 1 aromatic heterocycles. The molecule has 2 heterocycles. The third-order valence-corrected chi connectivity index (χ3v) is 4.24. The summed E-state index contributed by atoms with van der Waals surface area (Å²) >= 11 is 1.45. The molecule has 0 bridgehead atoms. The number of hydrogen-bond donors (Lipinski definition) is 0. The highest BCUT2D eigenvalue weighted by molar-refractivity contribution is 7.13. The van der Waals surface area contributed by atoms with Gasteiger partial charge in [-0.05, 0) is 11.4 Å². The average Bonchev–Trinajstić information content (AvgIpc) is 3.11. The van der Waals surface area contributed by atoms with E-state index < -0.39 is 0 Å². The van der Waals surface area contributed by atoms with E-state index >= 15 is 0 Å². The van der Waals surface area contributed by atoms with Gasteiger partial charge in [-0.1, -0.05) is 30.3 Å². The van der Waals surface area contributed by atoms with E-state index in [2.05, 4.69) is 10.2 Å². The molecule has 1 aromatic carbocycles. The third kappa shape index (κ3) is 1.73. The van der Waals surface area contributed by atoms with Gasteiger partial charge in [-0.15, -0.1) is 21.5 Å². The van der Waals surface area contributed by atoms with Gasteiger partial charge in [-0.3, -0.25) is 4.79 Å². The molecule has 0 unspecified atom stereocenters. The lowest BCUT2D eigenvalue weighted by Gasteiger charge is -1.90. The molecule has 0 radical (unpaired) electrons. The van der Waals surface area contributed by atoms with Crippen molar-refractivity contribution < 1.29 is 4.42 Å². The zero-order valence-electron chi connectivity index (χ0n) is 11.1. The van der Waals surface area contributed by atoms with Crippen molar-refractivity contribution in [2.75, 3.05) is 0 Å². The number of aromatic nitrogens is 2. The van der Waals surface area contributed by atoms with Crippen LogP contribution in [0.3, 0.4) is 0 Å². The van der Waals surface area contributed by atoms with Gasteiger partial charge in [0.15, 0.2) is 11.1 Å². The SMILES string of the molecule is N#Cc1nnc(-c2cccs2)oc2c3ccccc3c(=O)c1=2. The number of nitrogens with zero attached hydrogens (tertiary/aromatic N) is 3. The lowest BCUT2D eigenvalue weighted by atomic mass is 10.2. The van der Waals surface area contributed by atoms with E-state index in [-0.39, 0.29) is 22.2 Å². The Kier molecular flexibility index (Phi) is 2.74. The highest BCUT2D eigenvalue weighted by Gasteiger charge is 2.14. The van der Waals surface area contributed by atoms with Crippen LogP contribution >= 0.6 is 11.3 Å². The van der Waals surface area contributed by atoms with Crippen LogP contribution in [0.5, 0.6) is 0 Å². The highest BCUT2D eigenvalue weighted by Crippen LogP contribution is 2.24. The summed E-state index contributed by atoms with van der Waals surface area (Å²) in [5, 5.41) is 20.4. The molecule has 2 aromatic rings. The minimum atomic E-state index is -0.256. The molecule has 0 saturated carbocycles. The second kappa shape index (κ2) is 4.76. The first kappa shape index (κ1) is 12.7. The fourth-order valence-electron chi connectivity index (χ4n) is 2.41. The van der Waals surface area contributed by atoms with Gasteiger partial charge >= 0.3 is 0 Å². The Labute approximate surface area is 127 Å². The number of rotatable bonds is 1. The van der Waals surface area contributed by atoms with Crippen molar-refractivity contribution >= 4 is 22.1 Å². The number of thiophene rings is 1. The van der Waals surface area contributed by atoms with Crippen molar-refractivity contribution in [1.29, 1.82) is 5.26 Å². The van der Waals surface area contributed by atoms with Crippen LogP contribution < -0.4 is 5.43 Å². The molecule has 1 aliphatic heterocycles. The van der Waals surface area contributed by atoms with Crippen LogP contribution in [-0.2, 0) is 0 Å². The smallest absolute Gasteiger partial charge is 0.256 e. The van der Waals surface area contributed by atoms with E-state index in [1.807, 2.05) is 29.6 Å². The maximum absolute atomic E-state index is 12.5. The number of fused-ring (bicyclic) bond motifs is 2. The maximum atomic E-state index is 12.5. The lowest BCUT2D eigenvalue weighted by molar-refractivity contribution is 0.529. The molecule has 0 saturated heterocycles. The Bertz CT molecular complexity index is 1160. The summed E-state index contributed by atoms with van der Waals surface area (Å²) in [4.78, 5) is 13.3. The molecule has 0 N–H and O–H groups in total. The predicted octanol–water partition coefficient (Wildman–Crippen LogP) is 2.91. The Hall–Kier alpha value is -3.04. The van der Waals surface area contributed by atoms with E-state index in [0.29, 0.717) is 16.2 Å². The summed E-state index contributed by atoms with van der Waals surface area (Å²) in [6.07, 6.45) is 0. The van der Waals surface area contributed by atoms with Crippen molar-refractivity contribution in [1.82, 2.24) is 10.2 Å². The van der Waals surface area contributed by atoms with Gasteiger partial charge in [0.2, 0.25) is 5.43 Å². The molecule has 2 aliphatic rings. The molecule has 0 atom stereocenters. The van der Waals surface area contributed by atoms with E-state index in [9.17, 15) is 10.1 Å². The highest BCUT2D eigenvalue weighted by atomic mass is 32.1. The normalized spacial score (nSPS) is 10.9. The molecule has 1 aliphatic carbocycles. The summed E-state index contributed by atoms with van der Waals surface area (Å²) < 4.78 is 5.86. The number of benzene rings is 1. The second-order valence-corrected chi connectivity index (χ2v) is 5.57. The van der Waals surface area contributed by atoms with Gasteiger partial charge in [-0.25, -0.2) is 0 Å². The quantitative estimate of drug-likeness (QED) is 0.540. The van der Waals surface area contributed by atoms with Crippen LogP contribution in [0, 0.1) is 22.0 Å². The average molecular weight is 305 g/mol. The summed E-state index contributed by atoms with van der Waals surface area (Å²) in [7, 11) is 0. The summed E-state index contributed by atoms with van der Waals surface area (Å²) in [5.74, 6) is 0.289. The minimum absolute atomic E-state index is 0.0252. The molecule has 0 amide bonds. The molecule has 0 spiro atoms. The monoisotopic (exact) mass is 305 g/mol. The van der Waals surface area contributed by atoms with Gasteiger partial charge in [0, 0.05) is 10.8 Å². The van der Waals surface area contributed by atoms with Crippen molar-refractivity contribution in [3.05, 3.63) is 68.3 Å². The first-order valence-corrected chi connectivity index (χ1v) is 7.34. The Morgan fingerprint density at radius 1 is 1.09 bits per heavy atom. The van der Waals surface area contributed by atoms with Crippen LogP contribution in [0.25, 0.3) is 21.5 Å². The van der Waals surface area contributed by atoms with Gasteiger partial charge in [0.25, 0.3) is 5.89 Å². The molecule has 6 heteroatoms. The van der Waals surface area contributed by atoms with Crippen molar-refractivity contribution in [3.63, 3.8) is 0 Å². The van der Waals surface area contributed by atoms with Crippen LogP contribution in [0.15, 0.2) is 51.0 Å². The zero-order valence-corrected chi connectivity index (χ0v) is 11.9. The first-order chi connectivity index (χ1) is 10.8.